The van der Waals surface area contributed by atoms with Crippen LogP contribution in [0.15, 0.2) is 59.5 Å². The summed E-state index contributed by atoms with van der Waals surface area (Å²) in [5, 5.41) is 2.82. The molecule has 0 aromatic carbocycles. The molecular weight excluding hydrogens is 294 g/mol. The standard InChI is InChI=1S/C17H15N3O3/c1-22-16-7-5-13(11-19-16)17(21)20-10-12-4-6-14(18-9-12)15-3-2-8-23-15/h2-9,11H,10H2,1H3,(H,20,21). The highest BCUT2D eigenvalue weighted by molar-refractivity contribution is 5.93. The Hall–Kier alpha value is -3.15. The third-order valence-electron chi connectivity index (χ3n) is 3.26. The van der Waals surface area contributed by atoms with Gasteiger partial charge in [-0.1, -0.05) is 6.07 Å². The van der Waals surface area contributed by atoms with Crippen LogP contribution >= 0.6 is 0 Å². The predicted octanol–water partition coefficient (Wildman–Crippen LogP) is 2.68. The molecule has 0 aliphatic carbocycles. The molecule has 0 saturated heterocycles. The normalized spacial score (nSPS) is 10.3. The lowest BCUT2D eigenvalue weighted by atomic mass is 10.2. The second-order valence-electron chi connectivity index (χ2n) is 4.80. The maximum Gasteiger partial charge on any atom is 0.253 e. The van der Waals surface area contributed by atoms with E-state index in [0.717, 1.165) is 11.3 Å². The maximum atomic E-state index is 12.0. The highest BCUT2D eigenvalue weighted by atomic mass is 16.5. The summed E-state index contributed by atoms with van der Waals surface area (Å²) >= 11 is 0. The third-order valence-corrected chi connectivity index (χ3v) is 3.26. The van der Waals surface area contributed by atoms with Crippen molar-refractivity contribution in [1.29, 1.82) is 0 Å². The van der Waals surface area contributed by atoms with Gasteiger partial charge in [0.1, 0.15) is 5.69 Å². The fraction of sp³-hybridized carbons (Fsp3) is 0.118. The van der Waals surface area contributed by atoms with Gasteiger partial charge in [0.25, 0.3) is 5.91 Å². The Labute approximate surface area is 133 Å². The summed E-state index contributed by atoms with van der Waals surface area (Å²) in [6.45, 7) is 0.385. The second kappa shape index (κ2) is 6.74. The molecule has 116 valence electrons. The van der Waals surface area contributed by atoms with Crippen LogP contribution < -0.4 is 10.1 Å². The van der Waals surface area contributed by atoms with E-state index in [1.54, 1.807) is 24.6 Å². The first kappa shape index (κ1) is 14.8. The molecule has 1 amide bonds. The van der Waals surface area contributed by atoms with Gasteiger partial charge in [-0.2, -0.15) is 0 Å². The van der Waals surface area contributed by atoms with E-state index in [9.17, 15) is 4.79 Å². The molecule has 6 heteroatoms. The van der Waals surface area contributed by atoms with Crippen molar-refractivity contribution in [1.82, 2.24) is 15.3 Å². The van der Waals surface area contributed by atoms with Gasteiger partial charge in [0.05, 0.1) is 18.9 Å². The molecule has 0 aliphatic rings. The van der Waals surface area contributed by atoms with Crippen molar-refractivity contribution in [3.8, 4) is 17.3 Å². The molecule has 1 N–H and O–H groups in total. The summed E-state index contributed by atoms with van der Waals surface area (Å²) in [6, 6.07) is 10.7. The summed E-state index contributed by atoms with van der Waals surface area (Å²) in [5.74, 6) is 0.986. The van der Waals surface area contributed by atoms with Crippen LogP contribution in [0.4, 0.5) is 0 Å². The first-order chi connectivity index (χ1) is 11.3. The first-order valence-electron chi connectivity index (χ1n) is 7.03. The summed E-state index contributed by atoms with van der Waals surface area (Å²) in [5.41, 5.74) is 2.13. The van der Waals surface area contributed by atoms with Crippen molar-refractivity contribution in [3.05, 3.63) is 66.2 Å². The number of aromatic nitrogens is 2. The van der Waals surface area contributed by atoms with Crippen molar-refractivity contribution in [2.45, 2.75) is 6.54 Å². The Kier molecular flexibility index (Phi) is 4.33. The SMILES string of the molecule is COc1ccc(C(=O)NCc2ccc(-c3ccco3)nc2)cn1. The van der Waals surface area contributed by atoms with E-state index in [2.05, 4.69) is 15.3 Å². The van der Waals surface area contributed by atoms with Gasteiger partial charge in [0.2, 0.25) is 5.88 Å². The number of ether oxygens (including phenoxy) is 1. The summed E-state index contributed by atoms with van der Waals surface area (Å²) in [7, 11) is 1.53. The maximum absolute atomic E-state index is 12.0. The monoisotopic (exact) mass is 309 g/mol. The van der Waals surface area contributed by atoms with Crippen molar-refractivity contribution in [3.63, 3.8) is 0 Å². The van der Waals surface area contributed by atoms with E-state index in [4.69, 9.17) is 9.15 Å². The van der Waals surface area contributed by atoms with Gasteiger partial charge in [0.15, 0.2) is 5.76 Å². The smallest absolute Gasteiger partial charge is 0.253 e. The molecular formula is C17H15N3O3. The Balaban J connectivity index is 1.60. The number of amides is 1. The Morgan fingerprint density at radius 1 is 1.17 bits per heavy atom. The van der Waals surface area contributed by atoms with E-state index in [1.807, 2.05) is 24.3 Å². The lowest BCUT2D eigenvalue weighted by Gasteiger charge is -2.06. The van der Waals surface area contributed by atoms with E-state index in [-0.39, 0.29) is 5.91 Å². The van der Waals surface area contributed by atoms with Crippen LogP contribution in [0.3, 0.4) is 0 Å². The number of methoxy groups -OCH3 is 1. The minimum absolute atomic E-state index is 0.199. The molecule has 0 aliphatic heterocycles. The fourth-order valence-corrected chi connectivity index (χ4v) is 2.02. The fourth-order valence-electron chi connectivity index (χ4n) is 2.02. The van der Waals surface area contributed by atoms with Crippen LogP contribution in [-0.2, 0) is 6.54 Å². The number of hydrogen-bond donors (Lipinski definition) is 1. The van der Waals surface area contributed by atoms with Gasteiger partial charge in [-0.05, 0) is 29.8 Å². The molecule has 3 aromatic heterocycles. The van der Waals surface area contributed by atoms with Crippen molar-refractivity contribution in [2.75, 3.05) is 7.11 Å². The van der Waals surface area contributed by atoms with Gasteiger partial charge in [-0.15, -0.1) is 0 Å². The number of hydrogen-bond acceptors (Lipinski definition) is 5. The van der Waals surface area contributed by atoms with Crippen LogP contribution in [0.25, 0.3) is 11.5 Å². The molecule has 0 fully saturated rings. The Morgan fingerprint density at radius 3 is 2.70 bits per heavy atom. The minimum Gasteiger partial charge on any atom is -0.481 e. The number of pyridine rings is 2. The van der Waals surface area contributed by atoms with Crippen LogP contribution in [0, 0.1) is 0 Å². The second-order valence-corrected chi connectivity index (χ2v) is 4.80. The quantitative estimate of drug-likeness (QED) is 0.784. The summed E-state index contributed by atoms with van der Waals surface area (Å²) in [6.07, 6.45) is 4.80. The zero-order valence-electron chi connectivity index (χ0n) is 12.5. The average Bonchev–Trinajstić information content (AvgIpc) is 3.15. The van der Waals surface area contributed by atoms with E-state index >= 15 is 0 Å². The Bertz CT molecular complexity index is 766. The minimum atomic E-state index is -0.199. The van der Waals surface area contributed by atoms with Gasteiger partial charge in [0, 0.05) is 25.0 Å². The van der Waals surface area contributed by atoms with E-state index < -0.39 is 0 Å². The van der Waals surface area contributed by atoms with E-state index in [1.165, 1.54) is 13.3 Å². The van der Waals surface area contributed by atoms with Gasteiger partial charge >= 0.3 is 0 Å². The molecule has 3 heterocycles. The third kappa shape index (κ3) is 3.55. The number of carbonyl (C=O) groups excluding carboxylic acids is 1. The molecule has 0 radical (unpaired) electrons. The highest BCUT2D eigenvalue weighted by Crippen LogP contribution is 2.17. The lowest BCUT2D eigenvalue weighted by molar-refractivity contribution is 0.0950. The van der Waals surface area contributed by atoms with Crippen LogP contribution in [0.2, 0.25) is 0 Å². The molecule has 23 heavy (non-hydrogen) atoms. The largest absolute Gasteiger partial charge is 0.481 e. The number of nitrogens with zero attached hydrogens (tertiary/aromatic N) is 2. The Morgan fingerprint density at radius 2 is 2.09 bits per heavy atom. The summed E-state index contributed by atoms with van der Waals surface area (Å²) in [4.78, 5) is 20.4. The van der Waals surface area contributed by atoms with Crippen molar-refractivity contribution >= 4 is 5.91 Å². The molecule has 0 unspecified atom stereocenters. The molecule has 3 aromatic rings. The molecule has 6 nitrogen and oxygen atoms in total. The van der Waals surface area contributed by atoms with Gasteiger partial charge in [-0.3, -0.25) is 9.78 Å². The molecule has 0 atom stereocenters. The number of carbonyl (C=O) groups is 1. The number of nitrogens with one attached hydrogen (secondary N) is 1. The summed E-state index contributed by atoms with van der Waals surface area (Å²) < 4.78 is 10.2. The zero-order chi connectivity index (χ0) is 16.1. The van der Waals surface area contributed by atoms with Crippen molar-refractivity contribution < 1.29 is 13.9 Å². The van der Waals surface area contributed by atoms with Crippen LogP contribution in [0.1, 0.15) is 15.9 Å². The van der Waals surface area contributed by atoms with Gasteiger partial charge < -0.3 is 14.5 Å². The predicted molar refractivity (Wildman–Crippen MR) is 83.9 cm³/mol. The highest BCUT2D eigenvalue weighted by Gasteiger charge is 2.07. The first-order valence-corrected chi connectivity index (χ1v) is 7.03. The number of furan rings is 1. The van der Waals surface area contributed by atoms with Gasteiger partial charge in [-0.25, -0.2) is 4.98 Å². The zero-order valence-corrected chi connectivity index (χ0v) is 12.5. The van der Waals surface area contributed by atoms with Crippen molar-refractivity contribution in [2.24, 2.45) is 0 Å². The van der Waals surface area contributed by atoms with Crippen LogP contribution in [0.5, 0.6) is 5.88 Å². The lowest BCUT2D eigenvalue weighted by Crippen LogP contribution is -2.22. The molecule has 0 bridgehead atoms. The molecule has 3 rings (SSSR count). The van der Waals surface area contributed by atoms with E-state index in [0.29, 0.717) is 23.7 Å². The molecule has 0 spiro atoms. The average molecular weight is 309 g/mol. The number of rotatable bonds is 5. The molecule has 0 saturated carbocycles. The van der Waals surface area contributed by atoms with Crippen LogP contribution in [-0.4, -0.2) is 23.0 Å². The topological polar surface area (TPSA) is 77.2 Å².